The Morgan fingerprint density at radius 2 is 1.59 bits per heavy atom. The fourth-order valence-corrected chi connectivity index (χ4v) is 1.22. The van der Waals surface area contributed by atoms with Crippen LogP contribution in [0.5, 0.6) is 0 Å². The van der Waals surface area contributed by atoms with Crippen LogP contribution < -0.4 is 21.9 Å². The van der Waals surface area contributed by atoms with Crippen molar-refractivity contribution >= 4 is 29.1 Å². The number of carbonyl (C=O) groups excluding carboxylic acids is 3. The van der Waals surface area contributed by atoms with E-state index in [1.54, 1.807) is 5.32 Å². The first-order chi connectivity index (χ1) is 10.1. The molecule has 0 unspecified atom stereocenters. The number of benzene rings is 1. The summed E-state index contributed by atoms with van der Waals surface area (Å²) in [5, 5.41) is 1.67. The molecule has 0 saturated heterocycles. The molecule has 0 aliphatic rings. The summed E-state index contributed by atoms with van der Waals surface area (Å²) >= 11 is 0. The van der Waals surface area contributed by atoms with Gasteiger partial charge in [-0.25, -0.2) is 0 Å². The number of amides is 3. The highest BCUT2D eigenvalue weighted by Crippen LogP contribution is 2.19. The number of rotatable bonds is 4. The zero-order chi connectivity index (χ0) is 16.9. The molecule has 0 bridgehead atoms. The van der Waals surface area contributed by atoms with Crippen LogP contribution in [0.1, 0.15) is 5.56 Å². The van der Waals surface area contributed by atoms with Crippen LogP contribution in [0, 0.1) is 0 Å². The minimum atomic E-state index is -4.98. The molecule has 0 aliphatic carbocycles. The maximum Gasteiger partial charge on any atom is 0.471 e. The predicted octanol–water partition coefficient (Wildman–Crippen LogP) is 0.264. The average Bonchev–Trinajstić information content (AvgIpc) is 2.43. The van der Waals surface area contributed by atoms with E-state index < -0.39 is 23.9 Å². The summed E-state index contributed by atoms with van der Waals surface area (Å²) in [6.07, 6.45) is -4.98. The Kier molecular flexibility index (Phi) is 5.11. The van der Waals surface area contributed by atoms with Crippen molar-refractivity contribution in [1.82, 2.24) is 10.9 Å². The van der Waals surface area contributed by atoms with E-state index in [0.717, 1.165) is 0 Å². The molecule has 7 nitrogen and oxygen atoms in total. The number of nitrogens with one attached hydrogen (secondary N) is 3. The van der Waals surface area contributed by atoms with Gasteiger partial charge in [0.15, 0.2) is 0 Å². The number of halogens is 3. The van der Waals surface area contributed by atoms with Crippen LogP contribution in [0.15, 0.2) is 30.8 Å². The van der Waals surface area contributed by atoms with E-state index in [2.05, 4.69) is 12.0 Å². The molecule has 1 aromatic rings. The normalized spacial score (nSPS) is 10.5. The molecular formula is C12H11F3N4O3. The molecule has 0 heterocycles. The highest BCUT2D eigenvalue weighted by atomic mass is 19.4. The van der Waals surface area contributed by atoms with Gasteiger partial charge in [-0.05, 0) is 17.7 Å². The Bertz CT molecular complexity index is 611. The van der Waals surface area contributed by atoms with Crippen molar-refractivity contribution in [2.45, 2.75) is 6.18 Å². The van der Waals surface area contributed by atoms with Gasteiger partial charge in [-0.1, -0.05) is 18.7 Å². The lowest BCUT2D eigenvalue weighted by molar-refractivity contribution is -0.167. The summed E-state index contributed by atoms with van der Waals surface area (Å²) < 4.78 is 36.2. The van der Waals surface area contributed by atoms with Crippen molar-refractivity contribution in [3.8, 4) is 0 Å². The molecule has 0 fully saturated rings. The van der Waals surface area contributed by atoms with Gasteiger partial charge in [-0.3, -0.25) is 25.2 Å². The summed E-state index contributed by atoms with van der Waals surface area (Å²) in [7, 11) is 0. The number of alkyl halides is 3. The molecule has 3 amide bonds. The number of anilines is 1. The van der Waals surface area contributed by atoms with Crippen LogP contribution in [-0.2, 0) is 14.4 Å². The predicted molar refractivity (Wildman–Crippen MR) is 70.6 cm³/mol. The Morgan fingerprint density at radius 3 is 2.05 bits per heavy atom. The number of hydrazine groups is 1. The molecule has 118 valence electrons. The van der Waals surface area contributed by atoms with E-state index in [1.165, 1.54) is 24.3 Å². The lowest BCUT2D eigenvalue weighted by Gasteiger charge is -2.11. The number of nitrogens with two attached hydrogens (primary N) is 1. The fraction of sp³-hybridized carbons (Fsp3) is 0.0833. The third kappa shape index (κ3) is 4.81. The zero-order valence-electron chi connectivity index (χ0n) is 11.0. The SMILES string of the molecule is C=C(NNC(=O)C(N)=O)c1ccc(NC(=O)C(F)(F)F)cc1. The summed E-state index contributed by atoms with van der Waals surface area (Å²) in [6.45, 7) is 3.54. The highest BCUT2D eigenvalue weighted by molar-refractivity contribution is 6.34. The topological polar surface area (TPSA) is 113 Å². The van der Waals surface area contributed by atoms with Crippen molar-refractivity contribution < 1.29 is 27.6 Å². The van der Waals surface area contributed by atoms with Gasteiger partial charge in [0.25, 0.3) is 0 Å². The summed E-state index contributed by atoms with van der Waals surface area (Å²) in [5.41, 5.74) is 9.46. The Labute approximate surface area is 122 Å². The number of hydrogen-bond acceptors (Lipinski definition) is 4. The smallest absolute Gasteiger partial charge is 0.361 e. The Hall–Kier alpha value is -3.04. The van der Waals surface area contributed by atoms with Gasteiger partial charge >= 0.3 is 23.9 Å². The quantitative estimate of drug-likeness (QED) is 0.471. The summed E-state index contributed by atoms with van der Waals surface area (Å²) in [6, 6.07) is 5.11. The van der Waals surface area contributed by atoms with Gasteiger partial charge in [0.05, 0.1) is 5.70 Å². The van der Waals surface area contributed by atoms with Gasteiger partial charge < -0.3 is 11.1 Å². The number of hydrogen-bond donors (Lipinski definition) is 4. The molecule has 0 spiro atoms. The highest BCUT2D eigenvalue weighted by Gasteiger charge is 2.38. The van der Waals surface area contributed by atoms with E-state index in [0.29, 0.717) is 5.56 Å². The summed E-state index contributed by atoms with van der Waals surface area (Å²) in [5.74, 6) is -4.38. The van der Waals surface area contributed by atoms with Crippen LogP contribution in [0.25, 0.3) is 5.70 Å². The molecule has 0 atom stereocenters. The maximum absolute atomic E-state index is 12.1. The molecule has 0 radical (unpaired) electrons. The van der Waals surface area contributed by atoms with Crippen LogP contribution in [0.2, 0.25) is 0 Å². The lowest BCUT2D eigenvalue weighted by atomic mass is 10.1. The first kappa shape index (κ1) is 17.0. The molecule has 0 saturated carbocycles. The monoisotopic (exact) mass is 316 g/mol. The van der Waals surface area contributed by atoms with E-state index in [9.17, 15) is 27.6 Å². The standard InChI is InChI=1S/C12H11F3N4O3/c1-6(18-19-10(21)9(16)20)7-2-4-8(5-3-7)17-11(22)12(13,14)15/h2-5,18H,1H2,(H2,16,20)(H,17,22)(H,19,21). The van der Waals surface area contributed by atoms with Crippen LogP contribution in [0.3, 0.4) is 0 Å². The maximum atomic E-state index is 12.1. The third-order valence-corrected chi connectivity index (χ3v) is 2.30. The molecule has 22 heavy (non-hydrogen) atoms. The van der Waals surface area contributed by atoms with Crippen LogP contribution in [-0.4, -0.2) is 23.9 Å². The second-order valence-electron chi connectivity index (χ2n) is 3.95. The van der Waals surface area contributed by atoms with E-state index in [1.807, 2.05) is 5.43 Å². The van der Waals surface area contributed by atoms with Crippen molar-refractivity contribution in [3.05, 3.63) is 36.4 Å². The fourth-order valence-electron chi connectivity index (χ4n) is 1.22. The number of carbonyl (C=O) groups is 3. The van der Waals surface area contributed by atoms with Gasteiger partial charge in [0.2, 0.25) is 0 Å². The largest absolute Gasteiger partial charge is 0.471 e. The third-order valence-electron chi connectivity index (χ3n) is 2.30. The minimum Gasteiger partial charge on any atom is -0.361 e. The van der Waals surface area contributed by atoms with Crippen molar-refractivity contribution in [2.75, 3.05) is 5.32 Å². The molecule has 0 aliphatic heterocycles. The van der Waals surface area contributed by atoms with Crippen LogP contribution in [0.4, 0.5) is 18.9 Å². The first-order valence-electron chi connectivity index (χ1n) is 5.64. The number of primary amides is 1. The van der Waals surface area contributed by atoms with Crippen molar-refractivity contribution in [3.63, 3.8) is 0 Å². The Balaban J connectivity index is 2.65. The molecule has 1 aromatic carbocycles. The van der Waals surface area contributed by atoms with Crippen LogP contribution >= 0.6 is 0 Å². The van der Waals surface area contributed by atoms with Gasteiger partial charge in [0, 0.05) is 5.69 Å². The van der Waals surface area contributed by atoms with Gasteiger partial charge in [-0.15, -0.1) is 0 Å². The summed E-state index contributed by atoms with van der Waals surface area (Å²) in [4.78, 5) is 32.1. The molecule has 5 N–H and O–H groups in total. The van der Waals surface area contributed by atoms with Crippen molar-refractivity contribution in [2.24, 2.45) is 5.73 Å². The van der Waals surface area contributed by atoms with E-state index in [4.69, 9.17) is 5.73 Å². The first-order valence-corrected chi connectivity index (χ1v) is 5.64. The van der Waals surface area contributed by atoms with Gasteiger partial charge in [0.1, 0.15) is 0 Å². The second kappa shape index (κ2) is 6.61. The van der Waals surface area contributed by atoms with Gasteiger partial charge in [-0.2, -0.15) is 13.2 Å². The molecule has 1 rings (SSSR count). The zero-order valence-corrected chi connectivity index (χ0v) is 11.0. The minimum absolute atomic E-state index is 0.0694. The second-order valence-corrected chi connectivity index (χ2v) is 3.95. The molecule has 0 aromatic heterocycles. The average molecular weight is 316 g/mol. The Morgan fingerprint density at radius 1 is 1.05 bits per heavy atom. The van der Waals surface area contributed by atoms with Crippen molar-refractivity contribution in [1.29, 1.82) is 0 Å². The van der Waals surface area contributed by atoms with E-state index >= 15 is 0 Å². The lowest BCUT2D eigenvalue weighted by Crippen LogP contribution is -2.43. The van der Waals surface area contributed by atoms with E-state index in [-0.39, 0.29) is 11.4 Å². The molecular weight excluding hydrogens is 305 g/mol. The molecule has 10 heteroatoms.